The number of aromatic nitrogens is 1. The minimum atomic E-state index is -4.44. The fourth-order valence-electron chi connectivity index (χ4n) is 1.83. The predicted octanol–water partition coefficient (Wildman–Crippen LogP) is 3.56. The molecule has 130 valence electrons. The molecule has 4 nitrogen and oxygen atoms in total. The van der Waals surface area contributed by atoms with Crippen molar-refractivity contribution in [1.29, 1.82) is 0 Å². The van der Waals surface area contributed by atoms with Gasteiger partial charge >= 0.3 is 6.18 Å². The quantitative estimate of drug-likeness (QED) is 0.487. The fraction of sp³-hybridized carbons (Fsp3) is 0.333. The Hall–Kier alpha value is -2.16. The van der Waals surface area contributed by atoms with Crippen molar-refractivity contribution in [2.45, 2.75) is 26.2 Å². The lowest BCUT2D eigenvalue weighted by atomic mass is 10.2. The average Bonchev–Trinajstić information content (AvgIpc) is 2.99. The first-order chi connectivity index (χ1) is 11.4. The summed E-state index contributed by atoms with van der Waals surface area (Å²) in [7, 11) is 0. The first-order valence-electron chi connectivity index (χ1n) is 7.16. The van der Waals surface area contributed by atoms with Crippen molar-refractivity contribution >= 4 is 17.3 Å². The lowest BCUT2D eigenvalue weighted by Crippen LogP contribution is -2.36. The van der Waals surface area contributed by atoms with Crippen molar-refractivity contribution in [1.82, 2.24) is 15.6 Å². The Labute approximate surface area is 140 Å². The Bertz CT molecular complexity index is 697. The van der Waals surface area contributed by atoms with Crippen LogP contribution in [0.15, 0.2) is 34.6 Å². The van der Waals surface area contributed by atoms with E-state index in [1.807, 2.05) is 6.92 Å². The third-order valence-corrected chi connectivity index (χ3v) is 3.75. The van der Waals surface area contributed by atoms with Crippen LogP contribution >= 0.6 is 11.3 Å². The first kappa shape index (κ1) is 18.2. The summed E-state index contributed by atoms with van der Waals surface area (Å²) in [6, 6.07) is 6.06. The molecule has 0 unspecified atom stereocenters. The molecule has 0 aliphatic heterocycles. The van der Waals surface area contributed by atoms with Crippen LogP contribution in [0.5, 0.6) is 0 Å². The maximum Gasteiger partial charge on any atom is 0.434 e. The maximum absolute atomic E-state index is 13.1. The standard InChI is InChI=1S/C15H16F4N4S/c1-2-20-14(21-7-10-4-3-5-11(16)6-10)22-8-13-23-12(9-24-13)15(17,18)19/h3-6,9H,2,7-8H2,1H3,(H2,20,21,22). The zero-order chi connectivity index (χ0) is 17.6. The number of guanidine groups is 1. The molecule has 0 aliphatic carbocycles. The van der Waals surface area contributed by atoms with Gasteiger partial charge in [0.2, 0.25) is 0 Å². The van der Waals surface area contributed by atoms with Crippen LogP contribution < -0.4 is 10.6 Å². The van der Waals surface area contributed by atoms with E-state index < -0.39 is 11.9 Å². The maximum atomic E-state index is 13.1. The highest BCUT2D eigenvalue weighted by atomic mass is 32.1. The average molecular weight is 360 g/mol. The Balaban J connectivity index is 1.98. The third-order valence-electron chi connectivity index (χ3n) is 2.90. The largest absolute Gasteiger partial charge is 0.434 e. The minimum Gasteiger partial charge on any atom is -0.357 e. The second-order valence-corrected chi connectivity index (χ2v) is 5.75. The van der Waals surface area contributed by atoms with E-state index in [2.05, 4.69) is 20.6 Å². The summed E-state index contributed by atoms with van der Waals surface area (Å²) in [5, 5.41) is 7.17. The number of aliphatic imine (C=N–C) groups is 1. The lowest BCUT2D eigenvalue weighted by Gasteiger charge is -2.10. The van der Waals surface area contributed by atoms with Crippen LogP contribution in [0.2, 0.25) is 0 Å². The van der Waals surface area contributed by atoms with Crippen molar-refractivity contribution in [2.24, 2.45) is 4.99 Å². The van der Waals surface area contributed by atoms with Gasteiger partial charge in [-0.1, -0.05) is 12.1 Å². The number of rotatable bonds is 5. The first-order valence-corrected chi connectivity index (χ1v) is 8.04. The van der Waals surface area contributed by atoms with Crippen molar-refractivity contribution in [3.63, 3.8) is 0 Å². The summed E-state index contributed by atoms with van der Waals surface area (Å²) in [5.41, 5.74) is -0.202. The molecular formula is C15H16F4N4S. The smallest absolute Gasteiger partial charge is 0.357 e. The molecule has 0 amide bonds. The van der Waals surface area contributed by atoms with E-state index in [1.165, 1.54) is 12.1 Å². The summed E-state index contributed by atoms with van der Waals surface area (Å²) in [5.74, 6) is 0.0774. The molecule has 0 radical (unpaired) electrons. The molecule has 0 aliphatic rings. The fourth-order valence-corrected chi connectivity index (χ4v) is 2.57. The van der Waals surface area contributed by atoms with Crippen LogP contribution in [0.1, 0.15) is 23.2 Å². The number of alkyl halides is 3. The molecule has 0 saturated heterocycles. The molecule has 0 atom stereocenters. The van der Waals surface area contributed by atoms with E-state index in [9.17, 15) is 17.6 Å². The zero-order valence-corrected chi connectivity index (χ0v) is 13.6. The molecule has 9 heteroatoms. The molecule has 0 bridgehead atoms. The van der Waals surface area contributed by atoms with Gasteiger partial charge in [0, 0.05) is 11.9 Å². The van der Waals surface area contributed by atoms with E-state index >= 15 is 0 Å². The molecule has 0 saturated carbocycles. The van der Waals surface area contributed by atoms with Crippen LogP contribution in [0.3, 0.4) is 0 Å². The Morgan fingerprint density at radius 1 is 1.29 bits per heavy atom. The second-order valence-electron chi connectivity index (χ2n) is 4.80. The zero-order valence-electron chi connectivity index (χ0n) is 12.8. The van der Waals surface area contributed by atoms with Crippen LogP contribution in [-0.2, 0) is 19.3 Å². The predicted molar refractivity (Wildman–Crippen MR) is 85.2 cm³/mol. The van der Waals surface area contributed by atoms with Crippen LogP contribution in [-0.4, -0.2) is 17.5 Å². The number of nitrogens with zero attached hydrogens (tertiary/aromatic N) is 2. The summed E-state index contributed by atoms with van der Waals surface area (Å²) < 4.78 is 50.7. The van der Waals surface area contributed by atoms with E-state index in [1.54, 1.807) is 12.1 Å². The summed E-state index contributed by atoms with van der Waals surface area (Å²) >= 11 is 0.927. The van der Waals surface area contributed by atoms with Crippen molar-refractivity contribution in [2.75, 3.05) is 6.54 Å². The molecule has 1 aromatic carbocycles. The van der Waals surface area contributed by atoms with E-state index in [-0.39, 0.29) is 18.9 Å². The van der Waals surface area contributed by atoms with Crippen molar-refractivity contribution < 1.29 is 17.6 Å². The molecule has 1 aromatic heterocycles. The number of hydrogen-bond acceptors (Lipinski definition) is 3. The number of halogens is 4. The highest BCUT2D eigenvalue weighted by Gasteiger charge is 2.33. The third kappa shape index (κ3) is 5.48. The molecule has 2 aromatic rings. The highest BCUT2D eigenvalue weighted by molar-refractivity contribution is 7.09. The lowest BCUT2D eigenvalue weighted by molar-refractivity contribution is -0.140. The van der Waals surface area contributed by atoms with Crippen LogP contribution in [0.25, 0.3) is 0 Å². The van der Waals surface area contributed by atoms with Gasteiger partial charge in [-0.2, -0.15) is 13.2 Å². The van der Waals surface area contributed by atoms with Gasteiger partial charge < -0.3 is 10.6 Å². The number of nitrogens with one attached hydrogen (secondary N) is 2. The summed E-state index contributed by atoms with van der Waals surface area (Å²) in [6.45, 7) is 2.82. The van der Waals surface area contributed by atoms with Crippen LogP contribution in [0, 0.1) is 5.82 Å². The molecule has 2 rings (SSSR count). The van der Waals surface area contributed by atoms with E-state index in [0.717, 1.165) is 16.7 Å². The van der Waals surface area contributed by atoms with E-state index in [4.69, 9.17) is 0 Å². The normalized spacial score (nSPS) is 12.3. The topological polar surface area (TPSA) is 49.3 Å². The molecule has 24 heavy (non-hydrogen) atoms. The van der Waals surface area contributed by atoms with Gasteiger partial charge in [0.1, 0.15) is 10.8 Å². The van der Waals surface area contributed by atoms with Gasteiger partial charge in [-0.05, 0) is 24.6 Å². The summed E-state index contributed by atoms with van der Waals surface area (Å²) in [6.07, 6.45) is -4.44. The molecule has 1 heterocycles. The highest BCUT2D eigenvalue weighted by Crippen LogP contribution is 2.29. The minimum absolute atomic E-state index is 0.121. The van der Waals surface area contributed by atoms with Gasteiger partial charge in [0.05, 0.1) is 13.1 Å². The van der Waals surface area contributed by atoms with Crippen molar-refractivity contribution in [3.8, 4) is 0 Å². The SMILES string of the molecule is CCNC(=NCc1cccc(F)c1)NCc1nc(C(F)(F)F)cs1. The van der Waals surface area contributed by atoms with Gasteiger partial charge in [0.15, 0.2) is 11.7 Å². The Kier molecular flexibility index (Phi) is 6.13. The van der Waals surface area contributed by atoms with Crippen LogP contribution in [0.4, 0.5) is 17.6 Å². The molecular weight excluding hydrogens is 344 g/mol. The van der Waals surface area contributed by atoms with Gasteiger partial charge in [-0.25, -0.2) is 14.4 Å². The van der Waals surface area contributed by atoms with Crippen molar-refractivity contribution in [3.05, 3.63) is 51.7 Å². The molecule has 0 fully saturated rings. The number of benzene rings is 1. The molecule has 2 N–H and O–H groups in total. The second kappa shape index (κ2) is 8.09. The number of thiazole rings is 1. The van der Waals surface area contributed by atoms with Gasteiger partial charge in [-0.3, -0.25) is 0 Å². The number of hydrogen-bond donors (Lipinski definition) is 2. The Morgan fingerprint density at radius 3 is 2.71 bits per heavy atom. The molecule has 0 spiro atoms. The van der Waals surface area contributed by atoms with Gasteiger partial charge in [0.25, 0.3) is 0 Å². The Morgan fingerprint density at radius 2 is 2.08 bits per heavy atom. The monoisotopic (exact) mass is 360 g/mol. The summed E-state index contributed by atoms with van der Waals surface area (Å²) in [4.78, 5) is 7.82. The van der Waals surface area contributed by atoms with Gasteiger partial charge in [-0.15, -0.1) is 11.3 Å². The van der Waals surface area contributed by atoms with E-state index in [0.29, 0.717) is 23.1 Å².